The number of fused-ring (bicyclic) bond motifs is 1. The normalized spacial score (nSPS) is 12.5. The number of carbonyl (C=O) groups excluding carboxylic acids is 2. The molecule has 148 valence electrons. The fourth-order valence-corrected chi connectivity index (χ4v) is 2.58. The fraction of sp³-hybridized carbons (Fsp3) is 0.300. The zero-order chi connectivity index (χ0) is 19.9. The molecule has 8 heteroatoms. The van der Waals surface area contributed by atoms with Gasteiger partial charge in [-0.05, 0) is 18.2 Å². The first kappa shape index (κ1) is 19.3. The van der Waals surface area contributed by atoms with E-state index in [4.69, 9.17) is 23.7 Å². The number of benzene rings is 2. The lowest BCUT2D eigenvalue weighted by molar-refractivity contribution is -0.119. The molecule has 8 nitrogen and oxygen atoms in total. The molecule has 1 amide bonds. The molecular weight excluding hydrogens is 366 g/mol. The first-order valence-electron chi connectivity index (χ1n) is 8.69. The van der Waals surface area contributed by atoms with E-state index in [1.807, 2.05) is 0 Å². The van der Waals surface area contributed by atoms with E-state index in [-0.39, 0.29) is 5.56 Å². The Morgan fingerprint density at radius 2 is 1.64 bits per heavy atom. The monoisotopic (exact) mass is 387 g/mol. The molecular formula is C20H21NO7. The predicted octanol–water partition coefficient (Wildman–Crippen LogP) is 2.66. The minimum Gasteiger partial charge on any atom is -0.497 e. The van der Waals surface area contributed by atoms with Crippen molar-refractivity contribution in [1.29, 1.82) is 0 Å². The number of hydrogen-bond acceptors (Lipinski definition) is 7. The molecule has 0 saturated heterocycles. The summed E-state index contributed by atoms with van der Waals surface area (Å²) in [7, 11) is 3.02. The molecule has 3 rings (SSSR count). The molecule has 0 fully saturated rings. The zero-order valence-corrected chi connectivity index (χ0v) is 15.7. The third kappa shape index (κ3) is 4.85. The van der Waals surface area contributed by atoms with Gasteiger partial charge in [-0.3, -0.25) is 4.79 Å². The van der Waals surface area contributed by atoms with Gasteiger partial charge in [0.2, 0.25) is 0 Å². The molecule has 0 saturated carbocycles. The van der Waals surface area contributed by atoms with Crippen LogP contribution in [0.25, 0.3) is 0 Å². The summed E-state index contributed by atoms with van der Waals surface area (Å²) < 4.78 is 26.5. The Labute approximate surface area is 162 Å². The fourth-order valence-electron chi connectivity index (χ4n) is 2.58. The lowest BCUT2D eigenvalue weighted by atomic mass is 10.2. The molecule has 1 N–H and O–H groups in total. The van der Waals surface area contributed by atoms with Crippen molar-refractivity contribution in [3.05, 3.63) is 42.0 Å². The second-order valence-electron chi connectivity index (χ2n) is 5.94. The molecule has 2 aromatic carbocycles. The standard InChI is InChI=1S/C20H21NO7/c1-24-15-9-14(10-16(11-15)25-2)21-19(22)12-28-20(23)13-4-5-17-18(8-13)27-7-3-6-26-17/h4-5,8-11H,3,6-7,12H2,1-2H3,(H,21,22). The van der Waals surface area contributed by atoms with Gasteiger partial charge in [-0.2, -0.15) is 0 Å². The third-order valence-electron chi connectivity index (χ3n) is 3.95. The maximum absolute atomic E-state index is 12.2. The van der Waals surface area contributed by atoms with Crippen LogP contribution in [0.1, 0.15) is 16.8 Å². The number of amides is 1. The summed E-state index contributed by atoms with van der Waals surface area (Å²) in [6, 6.07) is 9.71. The van der Waals surface area contributed by atoms with E-state index in [9.17, 15) is 9.59 Å². The Kier molecular flexibility index (Phi) is 6.21. The number of anilines is 1. The lowest BCUT2D eigenvalue weighted by Gasteiger charge is -2.11. The van der Waals surface area contributed by atoms with Crippen molar-refractivity contribution in [1.82, 2.24) is 0 Å². The lowest BCUT2D eigenvalue weighted by Crippen LogP contribution is -2.21. The molecule has 28 heavy (non-hydrogen) atoms. The Balaban J connectivity index is 1.59. The molecule has 1 heterocycles. The molecule has 0 atom stereocenters. The zero-order valence-electron chi connectivity index (χ0n) is 15.7. The average Bonchev–Trinajstić information content (AvgIpc) is 2.96. The number of carbonyl (C=O) groups is 2. The van der Waals surface area contributed by atoms with Gasteiger partial charge >= 0.3 is 5.97 Å². The van der Waals surface area contributed by atoms with Crippen LogP contribution in [0.4, 0.5) is 5.69 Å². The van der Waals surface area contributed by atoms with Crippen LogP contribution in [0.3, 0.4) is 0 Å². The van der Waals surface area contributed by atoms with Gasteiger partial charge in [-0.15, -0.1) is 0 Å². The highest BCUT2D eigenvalue weighted by atomic mass is 16.5. The molecule has 0 unspecified atom stereocenters. The van der Waals surface area contributed by atoms with Crippen LogP contribution in [0, 0.1) is 0 Å². The van der Waals surface area contributed by atoms with Crippen molar-refractivity contribution in [3.63, 3.8) is 0 Å². The Bertz CT molecular complexity index is 843. The Hall–Kier alpha value is -3.42. The quantitative estimate of drug-likeness (QED) is 0.762. The van der Waals surface area contributed by atoms with E-state index in [1.165, 1.54) is 14.2 Å². The summed E-state index contributed by atoms with van der Waals surface area (Å²) >= 11 is 0. The minimum atomic E-state index is -0.631. The molecule has 0 aromatic heterocycles. The Morgan fingerprint density at radius 3 is 2.32 bits per heavy atom. The van der Waals surface area contributed by atoms with E-state index in [2.05, 4.69) is 5.32 Å². The van der Waals surface area contributed by atoms with Crippen LogP contribution in [-0.4, -0.2) is 45.9 Å². The highest BCUT2D eigenvalue weighted by Gasteiger charge is 2.16. The summed E-state index contributed by atoms with van der Waals surface area (Å²) in [6.07, 6.45) is 0.768. The van der Waals surface area contributed by atoms with Gasteiger partial charge in [-0.1, -0.05) is 0 Å². The van der Waals surface area contributed by atoms with E-state index >= 15 is 0 Å². The van der Waals surface area contributed by atoms with E-state index in [1.54, 1.807) is 36.4 Å². The van der Waals surface area contributed by atoms with Crippen LogP contribution in [0.5, 0.6) is 23.0 Å². The van der Waals surface area contributed by atoms with Gasteiger partial charge in [0.1, 0.15) is 11.5 Å². The van der Waals surface area contributed by atoms with Crippen molar-refractivity contribution < 1.29 is 33.3 Å². The molecule has 0 aliphatic carbocycles. The van der Waals surface area contributed by atoms with Gasteiger partial charge < -0.3 is 29.0 Å². The van der Waals surface area contributed by atoms with Crippen LogP contribution in [0.15, 0.2) is 36.4 Å². The number of methoxy groups -OCH3 is 2. The van der Waals surface area contributed by atoms with Crippen LogP contribution in [0.2, 0.25) is 0 Å². The number of nitrogens with one attached hydrogen (secondary N) is 1. The van der Waals surface area contributed by atoms with E-state index in [0.29, 0.717) is 41.9 Å². The van der Waals surface area contributed by atoms with Gasteiger partial charge in [0.05, 0.1) is 33.0 Å². The van der Waals surface area contributed by atoms with Crippen molar-refractivity contribution in [2.75, 3.05) is 39.4 Å². The minimum absolute atomic E-state index is 0.278. The highest BCUT2D eigenvalue weighted by Crippen LogP contribution is 2.30. The second kappa shape index (κ2) is 8.98. The van der Waals surface area contributed by atoms with Crippen molar-refractivity contribution in [2.45, 2.75) is 6.42 Å². The Morgan fingerprint density at radius 1 is 0.964 bits per heavy atom. The molecule has 1 aliphatic heterocycles. The van der Waals surface area contributed by atoms with Gasteiger partial charge in [0.15, 0.2) is 18.1 Å². The summed E-state index contributed by atoms with van der Waals surface area (Å²) in [4.78, 5) is 24.3. The SMILES string of the molecule is COc1cc(NC(=O)COC(=O)c2ccc3c(c2)OCCCO3)cc(OC)c1. The smallest absolute Gasteiger partial charge is 0.338 e. The summed E-state index contributed by atoms with van der Waals surface area (Å²) in [5, 5.41) is 2.64. The molecule has 2 aromatic rings. The summed E-state index contributed by atoms with van der Waals surface area (Å²) in [5.41, 5.74) is 0.743. The van der Waals surface area contributed by atoms with Crippen LogP contribution >= 0.6 is 0 Å². The van der Waals surface area contributed by atoms with Crippen molar-refractivity contribution in [2.24, 2.45) is 0 Å². The number of rotatable bonds is 6. The van der Waals surface area contributed by atoms with Crippen LogP contribution < -0.4 is 24.3 Å². The first-order valence-corrected chi connectivity index (χ1v) is 8.69. The topological polar surface area (TPSA) is 92.3 Å². The third-order valence-corrected chi connectivity index (χ3v) is 3.95. The van der Waals surface area contributed by atoms with Gasteiger partial charge in [0.25, 0.3) is 5.91 Å². The van der Waals surface area contributed by atoms with E-state index in [0.717, 1.165) is 6.42 Å². The first-order chi connectivity index (χ1) is 13.6. The highest BCUT2D eigenvalue weighted by molar-refractivity contribution is 5.96. The maximum Gasteiger partial charge on any atom is 0.338 e. The van der Waals surface area contributed by atoms with Crippen LogP contribution in [-0.2, 0) is 9.53 Å². The molecule has 1 aliphatic rings. The van der Waals surface area contributed by atoms with Crippen molar-refractivity contribution in [3.8, 4) is 23.0 Å². The number of ether oxygens (including phenoxy) is 5. The second-order valence-corrected chi connectivity index (χ2v) is 5.94. The largest absolute Gasteiger partial charge is 0.497 e. The maximum atomic E-state index is 12.2. The number of esters is 1. The summed E-state index contributed by atoms with van der Waals surface area (Å²) in [6.45, 7) is 0.636. The number of hydrogen-bond donors (Lipinski definition) is 1. The van der Waals surface area contributed by atoms with Crippen molar-refractivity contribution >= 4 is 17.6 Å². The van der Waals surface area contributed by atoms with Gasteiger partial charge in [-0.25, -0.2) is 4.79 Å². The molecule has 0 spiro atoms. The average molecular weight is 387 g/mol. The molecule has 0 bridgehead atoms. The van der Waals surface area contributed by atoms with Gasteiger partial charge in [0, 0.05) is 30.3 Å². The molecule has 0 radical (unpaired) electrons. The van der Waals surface area contributed by atoms with E-state index < -0.39 is 18.5 Å². The summed E-state index contributed by atoms with van der Waals surface area (Å²) in [5.74, 6) is 1.00. The predicted molar refractivity (Wildman–Crippen MR) is 101 cm³/mol.